The summed E-state index contributed by atoms with van der Waals surface area (Å²) in [5, 5.41) is 3.17. The number of Topliss-reactive ketones (excluding diaryl/α,β-unsaturated/α-hetero) is 1. The van der Waals surface area contributed by atoms with E-state index in [9.17, 15) is 30.8 Å². The average Bonchev–Trinajstić information content (AvgIpc) is 3.12. The van der Waals surface area contributed by atoms with Gasteiger partial charge in [-0.3, -0.25) is 9.78 Å². The number of alkyl halides is 3. The highest BCUT2D eigenvalue weighted by Gasteiger charge is 2.38. The quantitative estimate of drug-likeness (QED) is 0.466. The van der Waals surface area contributed by atoms with Crippen molar-refractivity contribution in [3.8, 4) is 11.4 Å². The van der Waals surface area contributed by atoms with Crippen molar-refractivity contribution in [3.63, 3.8) is 0 Å². The third-order valence-electron chi connectivity index (χ3n) is 3.45. The SMILES string of the molecule is O=C(CS(=O)(=O)c1cccc(F)c1)c1ccc(-c2noc(C(F)(F)F)n2)cn1. The minimum atomic E-state index is -4.81. The van der Waals surface area contributed by atoms with Gasteiger partial charge in [-0.1, -0.05) is 11.2 Å². The molecule has 12 heteroatoms. The summed E-state index contributed by atoms with van der Waals surface area (Å²) in [5.41, 5.74) is -0.216. The summed E-state index contributed by atoms with van der Waals surface area (Å²) >= 11 is 0. The second-order valence-corrected chi connectivity index (χ2v) is 7.48. The van der Waals surface area contributed by atoms with Crippen molar-refractivity contribution in [1.82, 2.24) is 15.1 Å². The van der Waals surface area contributed by atoms with Gasteiger partial charge in [-0.2, -0.15) is 18.2 Å². The molecule has 0 radical (unpaired) electrons. The molecule has 3 aromatic rings. The molecular weight excluding hydrogens is 406 g/mol. The molecule has 0 fully saturated rings. The molecule has 3 rings (SSSR count). The molecule has 146 valence electrons. The van der Waals surface area contributed by atoms with Gasteiger partial charge < -0.3 is 4.52 Å². The number of carbonyl (C=O) groups excluding carboxylic acids is 1. The van der Waals surface area contributed by atoms with Crippen LogP contribution >= 0.6 is 0 Å². The molecule has 0 saturated carbocycles. The fourth-order valence-electron chi connectivity index (χ4n) is 2.14. The van der Waals surface area contributed by atoms with E-state index >= 15 is 0 Å². The molecule has 0 N–H and O–H groups in total. The standard InChI is InChI=1S/C16H9F4N3O4S/c17-10-2-1-3-11(6-10)28(25,26)8-13(24)12-5-4-9(7-21-12)14-22-15(27-23-14)16(18,19)20/h1-7H,8H2. The highest BCUT2D eigenvalue weighted by atomic mass is 32.2. The number of halogens is 4. The Balaban J connectivity index is 1.78. The van der Waals surface area contributed by atoms with Crippen molar-refractivity contribution in [2.24, 2.45) is 0 Å². The third-order valence-corrected chi connectivity index (χ3v) is 5.07. The number of ketones is 1. The Labute approximate surface area is 154 Å². The van der Waals surface area contributed by atoms with E-state index in [0.29, 0.717) is 0 Å². The molecule has 0 atom stereocenters. The zero-order valence-electron chi connectivity index (χ0n) is 13.6. The molecule has 0 aliphatic carbocycles. The highest BCUT2D eigenvalue weighted by Crippen LogP contribution is 2.29. The Hall–Kier alpha value is -3.15. The summed E-state index contributed by atoms with van der Waals surface area (Å²) < 4.78 is 79.1. The first-order chi connectivity index (χ1) is 13.1. The minimum absolute atomic E-state index is 0.0313. The molecular formula is C16H9F4N3O4S. The number of sulfone groups is 1. The van der Waals surface area contributed by atoms with E-state index in [4.69, 9.17) is 0 Å². The van der Waals surface area contributed by atoms with Crippen LogP contribution in [0.25, 0.3) is 11.4 Å². The molecule has 28 heavy (non-hydrogen) atoms. The van der Waals surface area contributed by atoms with E-state index in [0.717, 1.165) is 30.5 Å². The third kappa shape index (κ3) is 4.22. The van der Waals surface area contributed by atoms with Gasteiger partial charge in [0, 0.05) is 11.8 Å². The lowest BCUT2D eigenvalue weighted by atomic mass is 10.2. The van der Waals surface area contributed by atoms with Crippen molar-refractivity contribution in [2.75, 3.05) is 5.75 Å². The summed E-state index contributed by atoms with van der Waals surface area (Å²) in [5.74, 6) is -4.53. The zero-order valence-corrected chi connectivity index (χ0v) is 14.5. The fourth-order valence-corrected chi connectivity index (χ4v) is 3.38. The molecule has 7 nitrogen and oxygen atoms in total. The summed E-state index contributed by atoms with van der Waals surface area (Å²) in [6.45, 7) is 0. The van der Waals surface area contributed by atoms with Crippen LogP contribution in [0.2, 0.25) is 0 Å². The van der Waals surface area contributed by atoms with Gasteiger partial charge in [0.2, 0.25) is 5.82 Å². The Morgan fingerprint density at radius 3 is 2.46 bits per heavy atom. The first kappa shape index (κ1) is 19.6. The van der Waals surface area contributed by atoms with E-state index < -0.39 is 45.1 Å². The van der Waals surface area contributed by atoms with Crippen molar-refractivity contribution in [1.29, 1.82) is 0 Å². The normalized spacial score (nSPS) is 12.1. The largest absolute Gasteiger partial charge is 0.471 e. The topological polar surface area (TPSA) is 103 Å². The summed E-state index contributed by atoms with van der Waals surface area (Å²) in [6.07, 6.45) is -3.80. The maximum absolute atomic E-state index is 13.2. The number of hydrogen-bond donors (Lipinski definition) is 0. The van der Waals surface area contributed by atoms with Crippen molar-refractivity contribution in [3.05, 3.63) is 60.0 Å². The summed E-state index contributed by atoms with van der Waals surface area (Å²) in [7, 11) is -4.10. The van der Waals surface area contributed by atoms with Crippen LogP contribution in [0.4, 0.5) is 17.6 Å². The van der Waals surface area contributed by atoms with Crippen LogP contribution in [0.5, 0.6) is 0 Å². The molecule has 1 aromatic carbocycles. The molecule has 0 spiro atoms. The van der Waals surface area contributed by atoms with Gasteiger partial charge in [0.15, 0.2) is 15.6 Å². The Bertz CT molecular complexity index is 1130. The molecule has 0 aliphatic heterocycles. The van der Waals surface area contributed by atoms with Gasteiger partial charge >= 0.3 is 12.1 Å². The van der Waals surface area contributed by atoms with Crippen LogP contribution in [0.15, 0.2) is 52.0 Å². The number of benzene rings is 1. The number of pyridine rings is 1. The maximum atomic E-state index is 13.2. The van der Waals surface area contributed by atoms with Crippen LogP contribution in [-0.2, 0) is 16.0 Å². The second kappa shape index (κ2) is 7.11. The van der Waals surface area contributed by atoms with Gasteiger partial charge in [-0.05, 0) is 30.3 Å². The lowest BCUT2D eigenvalue weighted by molar-refractivity contribution is -0.159. The van der Waals surface area contributed by atoms with Gasteiger partial charge in [0.05, 0.1) is 4.90 Å². The predicted molar refractivity (Wildman–Crippen MR) is 85.3 cm³/mol. The maximum Gasteiger partial charge on any atom is 0.471 e. The number of nitrogens with zero attached hydrogens (tertiary/aromatic N) is 3. The van der Waals surface area contributed by atoms with Crippen LogP contribution < -0.4 is 0 Å². The van der Waals surface area contributed by atoms with Crippen molar-refractivity contribution < 1.29 is 35.3 Å². The number of rotatable bonds is 5. The lowest BCUT2D eigenvalue weighted by Gasteiger charge is -2.04. The average molecular weight is 415 g/mol. The fraction of sp³-hybridized carbons (Fsp3) is 0.125. The van der Waals surface area contributed by atoms with Gasteiger partial charge in [-0.15, -0.1) is 0 Å². The minimum Gasteiger partial charge on any atom is -0.329 e. The first-order valence-electron chi connectivity index (χ1n) is 7.45. The zero-order chi connectivity index (χ0) is 20.5. The molecule has 0 aliphatic rings. The molecule has 0 amide bonds. The molecule has 0 saturated heterocycles. The molecule has 0 bridgehead atoms. The summed E-state index contributed by atoms with van der Waals surface area (Å²) in [6, 6.07) is 6.50. The van der Waals surface area contributed by atoms with Gasteiger partial charge in [0.25, 0.3) is 0 Å². The second-order valence-electron chi connectivity index (χ2n) is 5.49. The Kier molecular flexibility index (Phi) is 4.98. The molecule has 2 heterocycles. The van der Waals surface area contributed by atoms with E-state index in [1.165, 1.54) is 12.1 Å². The summed E-state index contributed by atoms with van der Waals surface area (Å²) in [4.78, 5) is 18.7. The van der Waals surface area contributed by atoms with Gasteiger partial charge in [-0.25, -0.2) is 12.8 Å². The van der Waals surface area contributed by atoms with E-state index in [1.807, 2.05) is 0 Å². The van der Waals surface area contributed by atoms with Crippen molar-refractivity contribution >= 4 is 15.6 Å². The number of hydrogen-bond acceptors (Lipinski definition) is 7. The Morgan fingerprint density at radius 1 is 1.14 bits per heavy atom. The Morgan fingerprint density at radius 2 is 1.89 bits per heavy atom. The number of carbonyl (C=O) groups is 1. The monoisotopic (exact) mass is 415 g/mol. The van der Waals surface area contributed by atoms with E-state index in [2.05, 4.69) is 19.6 Å². The van der Waals surface area contributed by atoms with Crippen LogP contribution in [0, 0.1) is 5.82 Å². The van der Waals surface area contributed by atoms with Gasteiger partial charge in [0.1, 0.15) is 17.3 Å². The highest BCUT2D eigenvalue weighted by molar-refractivity contribution is 7.92. The predicted octanol–water partition coefficient (Wildman–Crippen LogP) is 2.95. The van der Waals surface area contributed by atoms with Crippen molar-refractivity contribution in [2.45, 2.75) is 11.1 Å². The van der Waals surface area contributed by atoms with E-state index in [-0.39, 0.29) is 16.2 Å². The first-order valence-corrected chi connectivity index (χ1v) is 9.10. The van der Waals surface area contributed by atoms with E-state index in [1.54, 1.807) is 0 Å². The molecule has 2 aromatic heterocycles. The molecule has 0 unspecified atom stereocenters. The lowest BCUT2D eigenvalue weighted by Crippen LogP contribution is -2.17. The smallest absolute Gasteiger partial charge is 0.329 e. The van der Waals surface area contributed by atoms with Crippen LogP contribution in [0.1, 0.15) is 16.4 Å². The number of aromatic nitrogens is 3. The van der Waals surface area contributed by atoms with Crippen LogP contribution in [-0.4, -0.2) is 35.1 Å². The van der Waals surface area contributed by atoms with Crippen LogP contribution in [0.3, 0.4) is 0 Å².